The van der Waals surface area contributed by atoms with Gasteiger partial charge in [0.1, 0.15) is 11.4 Å². The molecule has 5 rings (SSSR count). The van der Waals surface area contributed by atoms with E-state index in [0.717, 1.165) is 71.3 Å². The molecule has 36 heavy (non-hydrogen) atoms. The van der Waals surface area contributed by atoms with E-state index in [0.29, 0.717) is 11.5 Å². The van der Waals surface area contributed by atoms with Crippen LogP contribution >= 0.6 is 11.8 Å². The lowest BCUT2D eigenvalue weighted by molar-refractivity contribution is -0.113. The standard InChI is InChI=1S/C29H32N4O2S/c1-3-17-35-25-14-13-22(18-21(25)2)27-23(20-33(31-27)24-11-7-6-8-12-24)19-26-28(34)30-29(36-26)32-15-9-4-5-10-16-32/h6-8,11-14,18-20H,3-5,9-10,15-17H2,1-2H3/b26-19+. The number of aliphatic imine (C=N–C) groups is 1. The molecule has 7 heteroatoms. The molecule has 0 radical (unpaired) electrons. The van der Waals surface area contributed by atoms with Crippen LogP contribution in [0.2, 0.25) is 0 Å². The Hall–Kier alpha value is -3.32. The van der Waals surface area contributed by atoms with Crippen molar-refractivity contribution in [3.8, 4) is 22.7 Å². The van der Waals surface area contributed by atoms with Crippen molar-refractivity contribution in [2.75, 3.05) is 19.7 Å². The number of para-hydroxylation sites is 1. The molecule has 0 aliphatic carbocycles. The lowest BCUT2D eigenvalue weighted by Gasteiger charge is -2.20. The normalized spacial score (nSPS) is 17.4. The second kappa shape index (κ2) is 11.2. The van der Waals surface area contributed by atoms with Gasteiger partial charge in [-0.1, -0.05) is 38.0 Å². The number of amidine groups is 1. The van der Waals surface area contributed by atoms with Crippen molar-refractivity contribution < 1.29 is 9.53 Å². The zero-order valence-corrected chi connectivity index (χ0v) is 21.8. The van der Waals surface area contributed by atoms with Gasteiger partial charge in [0.2, 0.25) is 0 Å². The summed E-state index contributed by atoms with van der Waals surface area (Å²) in [6.45, 7) is 6.78. The van der Waals surface area contributed by atoms with Gasteiger partial charge in [-0.25, -0.2) is 4.68 Å². The molecule has 0 saturated carbocycles. The van der Waals surface area contributed by atoms with Crippen LogP contribution in [-0.4, -0.2) is 45.5 Å². The fraction of sp³-hybridized carbons (Fsp3) is 0.345. The molecule has 0 bridgehead atoms. The summed E-state index contributed by atoms with van der Waals surface area (Å²) >= 11 is 1.48. The summed E-state index contributed by atoms with van der Waals surface area (Å²) in [7, 11) is 0. The van der Waals surface area contributed by atoms with Crippen LogP contribution in [0.4, 0.5) is 0 Å². The maximum absolute atomic E-state index is 12.9. The minimum Gasteiger partial charge on any atom is -0.493 e. The van der Waals surface area contributed by atoms with Crippen LogP contribution in [0.3, 0.4) is 0 Å². The van der Waals surface area contributed by atoms with E-state index in [2.05, 4.69) is 29.8 Å². The van der Waals surface area contributed by atoms with Crippen molar-refractivity contribution >= 4 is 28.9 Å². The highest BCUT2D eigenvalue weighted by molar-refractivity contribution is 8.18. The summed E-state index contributed by atoms with van der Waals surface area (Å²) in [6.07, 6.45) is 9.69. The quantitative estimate of drug-likeness (QED) is 0.363. The van der Waals surface area contributed by atoms with Crippen LogP contribution in [-0.2, 0) is 4.79 Å². The molecule has 3 aromatic rings. The number of thioether (sulfide) groups is 1. The molecule has 2 aliphatic rings. The minimum absolute atomic E-state index is 0.169. The number of carbonyl (C=O) groups is 1. The van der Waals surface area contributed by atoms with Crippen molar-refractivity contribution in [2.45, 2.75) is 46.0 Å². The van der Waals surface area contributed by atoms with Crippen molar-refractivity contribution in [1.29, 1.82) is 0 Å². The van der Waals surface area contributed by atoms with Gasteiger partial charge in [-0.05, 0) is 79.9 Å². The number of amides is 1. The molecule has 0 spiro atoms. The Labute approximate surface area is 217 Å². The summed E-state index contributed by atoms with van der Waals surface area (Å²) in [5.41, 5.74) is 4.74. The van der Waals surface area contributed by atoms with E-state index in [1.807, 2.05) is 59.4 Å². The highest BCUT2D eigenvalue weighted by Gasteiger charge is 2.27. The molecule has 1 fully saturated rings. The number of hydrogen-bond donors (Lipinski definition) is 0. The Bertz CT molecular complexity index is 1290. The van der Waals surface area contributed by atoms with Crippen molar-refractivity contribution in [3.63, 3.8) is 0 Å². The van der Waals surface area contributed by atoms with Crippen LogP contribution in [0.5, 0.6) is 5.75 Å². The molecule has 0 atom stereocenters. The summed E-state index contributed by atoms with van der Waals surface area (Å²) in [4.78, 5) is 20.2. The average molecular weight is 501 g/mol. The van der Waals surface area contributed by atoms with E-state index in [9.17, 15) is 4.79 Å². The molecular weight excluding hydrogens is 468 g/mol. The number of hydrogen-bond acceptors (Lipinski definition) is 5. The number of aryl methyl sites for hydroxylation is 1. The van der Waals surface area contributed by atoms with Gasteiger partial charge >= 0.3 is 0 Å². The van der Waals surface area contributed by atoms with Gasteiger partial charge in [-0.15, -0.1) is 0 Å². The lowest BCUT2D eigenvalue weighted by atomic mass is 10.0. The third-order valence-electron chi connectivity index (χ3n) is 6.45. The molecule has 0 unspecified atom stereocenters. The number of likely N-dealkylation sites (tertiary alicyclic amines) is 1. The second-order valence-corrected chi connectivity index (χ2v) is 10.3. The number of nitrogens with zero attached hydrogens (tertiary/aromatic N) is 4. The maximum Gasteiger partial charge on any atom is 0.286 e. The van der Waals surface area contributed by atoms with E-state index in [4.69, 9.17) is 9.84 Å². The first-order chi connectivity index (χ1) is 17.6. The van der Waals surface area contributed by atoms with Crippen LogP contribution < -0.4 is 4.74 Å². The topological polar surface area (TPSA) is 59.7 Å². The molecule has 1 saturated heterocycles. The van der Waals surface area contributed by atoms with Crippen molar-refractivity contribution in [2.24, 2.45) is 4.99 Å². The monoisotopic (exact) mass is 500 g/mol. The van der Waals surface area contributed by atoms with E-state index < -0.39 is 0 Å². The largest absolute Gasteiger partial charge is 0.493 e. The molecule has 2 aromatic carbocycles. The molecule has 1 aromatic heterocycles. The van der Waals surface area contributed by atoms with Crippen molar-refractivity contribution in [3.05, 3.63) is 70.8 Å². The predicted octanol–water partition coefficient (Wildman–Crippen LogP) is 6.48. The summed E-state index contributed by atoms with van der Waals surface area (Å²) in [5.74, 6) is 0.720. The SMILES string of the molecule is CCCOc1ccc(-c2nn(-c3ccccc3)cc2/C=C2/SC(N3CCCCCC3)=NC2=O)cc1C. The van der Waals surface area contributed by atoms with Gasteiger partial charge < -0.3 is 9.64 Å². The van der Waals surface area contributed by atoms with Crippen LogP contribution in [0.25, 0.3) is 23.0 Å². The Balaban J connectivity index is 1.49. The predicted molar refractivity (Wildman–Crippen MR) is 148 cm³/mol. The van der Waals surface area contributed by atoms with E-state index in [1.165, 1.54) is 24.6 Å². The van der Waals surface area contributed by atoms with E-state index in [-0.39, 0.29) is 5.91 Å². The first kappa shape index (κ1) is 24.4. The molecular formula is C29H32N4O2S. The average Bonchev–Trinajstić information content (AvgIpc) is 3.36. The fourth-order valence-corrected chi connectivity index (χ4v) is 5.49. The Morgan fingerprint density at radius 1 is 1.06 bits per heavy atom. The molecule has 186 valence electrons. The third kappa shape index (κ3) is 5.41. The number of aromatic nitrogens is 2. The van der Waals surface area contributed by atoms with Crippen LogP contribution in [0, 0.1) is 6.92 Å². The molecule has 0 N–H and O–H groups in total. The Kier molecular flexibility index (Phi) is 7.56. The molecule has 2 aliphatic heterocycles. The first-order valence-electron chi connectivity index (χ1n) is 12.8. The van der Waals surface area contributed by atoms with Gasteiger partial charge in [-0.2, -0.15) is 10.1 Å². The third-order valence-corrected chi connectivity index (χ3v) is 7.49. The highest BCUT2D eigenvalue weighted by atomic mass is 32.2. The van der Waals surface area contributed by atoms with Gasteiger partial charge in [0.15, 0.2) is 5.17 Å². The molecule has 6 nitrogen and oxygen atoms in total. The smallest absolute Gasteiger partial charge is 0.286 e. The Morgan fingerprint density at radius 2 is 1.83 bits per heavy atom. The van der Waals surface area contributed by atoms with Crippen LogP contribution in [0.15, 0.2) is 64.6 Å². The zero-order valence-electron chi connectivity index (χ0n) is 20.9. The Morgan fingerprint density at radius 3 is 2.56 bits per heavy atom. The van der Waals surface area contributed by atoms with E-state index >= 15 is 0 Å². The summed E-state index contributed by atoms with van der Waals surface area (Å²) in [6, 6.07) is 16.2. The zero-order chi connectivity index (χ0) is 24.9. The maximum atomic E-state index is 12.9. The summed E-state index contributed by atoms with van der Waals surface area (Å²) < 4.78 is 7.75. The van der Waals surface area contributed by atoms with Gasteiger partial charge in [0.25, 0.3) is 5.91 Å². The first-order valence-corrected chi connectivity index (χ1v) is 13.6. The molecule has 1 amide bonds. The summed E-state index contributed by atoms with van der Waals surface area (Å²) in [5, 5.41) is 5.77. The highest BCUT2D eigenvalue weighted by Crippen LogP contribution is 2.35. The van der Waals surface area contributed by atoms with Crippen molar-refractivity contribution in [1.82, 2.24) is 14.7 Å². The fourth-order valence-electron chi connectivity index (χ4n) is 4.54. The number of carbonyl (C=O) groups excluding carboxylic acids is 1. The number of ether oxygens (including phenoxy) is 1. The molecule has 3 heterocycles. The van der Waals surface area contributed by atoms with E-state index in [1.54, 1.807) is 0 Å². The van der Waals surface area contributed by atoms with Gasteiger partial charge in [0, 0.05) is 30.4 Å². The van der Waals surface area contributed by atoms with Gasteiger partial charge in [-0.3, -0.25) is 4.79 Å². The second-order valence-electron chi connectivity index (χ2n) is 9.25. The van der Waals surface area contributed by atoms with Gasteiger partial charge in [0.05, 0.1) is 17.2 Å². The minimum atomic E-state index is -0.169. The number of benzene rings is 2. The van der Waals surface area contributed by atoms with Crippen LogP contribution in [0.1, 0.15) is 50.2 Å². The number of rotatable bonds is 6. The lowest BCUT2D eigenvalue weighted by Crippen LogP contribution is -2.28.